The van der Waals surface area contributed by atoms with Gasteiger partial charge in [0.2, 0.25) is 5.28 Å². The molecule has 1 saturated carbocycles. The lowest BCUT2D eigenvalue weighted by Crippen LogP contribution is -2.36. The minimum Gasteiger partial charge on any atom is -0.387 e. The summed E-state index contributed by atoms with van der Waals surface area (Å²) in [6.07, 6.45) is -0.327. The number of nitrogens with one attached hydrogen (secondary N) is 1. The summed E-state index contributed by atoms with van der Waals surface area (Å²) >= 11 is 6.08. The zero-order valence-electron chi connectivity index (χ0n) is 16.7. The highest BCUT2D eigenvalue weighted by molar-refractivity contribution is 7.97. The van der Waals surface area contributed by atoms with Gasteiger partial charge >= 0.3 is 7.60 Å². The highest BCUT2D eigenvalue weighted by Gasteiger charge is 2.47. The molecule has 2 aromatic rings. The quantitative estimate of drug-likeness (QED) is 0.247. The summed E-state index contributed by atoms with van der Waals surface area (Å²) in [5, 5.41) is 28.7. The summed E-state index contributed by atoms with van der Waals surface area (Å²) in [6, 6.07) is 0.228. The summed E-state index contributed by atoms with van der Waals surface area (Å²) in [6.45, 7) is 0. The molecule has 0 radical (unpaired) electrons. The topological polar surface area (TPSA) is 197 Å². The normalized spacial score (nSPS) is 27.4. The van der Waals surface area contributed by atoms with Crippen LogP contribution >= 0.6 is 19.2 Å². The van der Waals surface area contributed by atoms with Crippen molar-refractivity contribution in [2.75, 3.05) is 16.6 Å². The minimum absolute atomic E-state index is 0.0754. The Morgan fingerprint density at radius 3 is 2.56 bits per heavy atom. The fraction of sp³-hybridized carbons (Fsp3) is 0.688. The zero-order chi connectivity index (χ0) is 23.3. The van der Waals surface area contributed by atoms with E-state index in [4.69, 9.17) is 26.1 Å². The maximum atomic E-state index is 12.1. The van der Waals surface area contributed by atoms with Gasteiger partial charge in [-0.15, -0.1) is 0 Å². The third-order valence-electron chi connectivity index (χ3n) is 5.48. The molecule has 0 bridgehead atoms. The molecular weight excluding hydrogens is 489 g/mol. The summed E-state index contributed by atoms with van der Waals surface area (Å²) in [5.74, 6) is -0.428. The number of anilines is 1. The highest BCUT2D eigenvalue weighted by atomic mass is 35.5. The number of halogens is 1. The largest absolute Gasteiger partial charge is 0.387 e. The predicted octanol–water partition coefficient (Wildman–Crippen LogP) is 0.00340. The fourth-order valence-corrected chi connectivity index (χ4v) is 7.50. The van der Waals surface area contributed by atoms with Crippen LogP contribution in [0.1, 0.15) is 31.9 Å². The molecule has 4 rings (SSSR count). The van der Waals surface area contributed by atoms with Crippen LogP contribution in [0.2, 0.25) is 5.28 Å². The van der Waals surface area contributed by atoms with E-state index < -0.39 is 53.2 Å². The number of aromatic nitrogens is 4. The lowest BCUT2D eigenvalue weighted by Gasteiger charge is -2.17. The molecule has 0 unspecified atom stereocenters. The van der Waals surface area contributed by atoms with Crippen molar-refractivity contribution < 1.29 is 37.7 Å². The molecule has 3 heterocycles. The van der Waals surface area contributed by atoms with Crippen molar-refractivity contribution in [3.05, 3.63) is 11.5 Å². The number of rotatable bonds is 7. The maximum absolute atomic E-state index is 12.1. The van der Waals surface area contributed by atoms with Gasteiger partial charge in [-0.2, -0.15) is 15.1 Å². The zero-order valence-corrected chi connectivity index (χ0v) is 19.1. The first-order valence-electron chi connectivity index (χ1n) is 9.87. The Kier molecular flexibility index (Phi) is 6.51. The van der Waals surface area contributed by atoms with Gasteiger partial charge in [0, 0.05) is 6.04 Å². The van der Waals surface area contributed by atoms with E-state index in [1.165, 1.54) is 10.9 Å². The summed E-state index contributed by atoms with van der Waals surface area (Å²) in [4.78, 5) is 26.3. The third-order valence-corrected chi connectivity index (χ3v) is 9.41. The smallest absolute Gasteiger partial charge is 0.340 e. The van der Waals surface area contributed by atoms with E-state index in [0.717, 1.165) is 25.7 Å². The first-order valence-corrected chi connectivity index (χ1v) is 13.9. The summed E-state index contributed by atoms with van der Waals surface area (Å²) in [7, 11) is -9.13. The molecule has 178 valence electrons. The van der Waals surface area contributed by atoms with Gasteiger partial charge in [-0.05, 0) is 24.4 Å². The standard InChI is InChI=1S/C16H23ClN5O8PS/c17-16-20-13(19-8-3-1-2-4-8)9-5-18-22(14(9)21-16)15-12(24)11(23)10(30-15)6-32(28,29)7-31(25,26)27/h5,8,10-12,15,23-24H,1-4,6-7H2,(H,19,20,21)(H2,25,26,27)/t10-,11-,12-,15-/m1/s1. The molecule has 1 aliphatic heterocycles. The third kappa shape index (κ3) is 5.07. The Morgan fingerprint density at radius 2 is 1.91 bits per heavy atom. The van der Waals surface area contributed by atoms with Gasteiger partial charge in [-0.3, -0.25) is 4.57 Å². The molecule has 0 spiro atoms. The van der Waals surface area contributed by atoms with Crippen LogP contribution < -0.4 is 5.32 Å². The van der Waals surface area contributed by atoms with E-state index >= 15 is 0 Å². The first-order chi connectivity index (χ1) is 14.9. The molecule has 0 amide bonds. The molecule has 2 fully saturated rings. The first kappa shape index (κ1) is 23.8. The van der Waals surface area contributed by atoms with Crippen LogP contribution in [0.3, 0.4) is 0 Å². The average molecular weight is 512 g/mol. The Balaban J connectivity index is 1.60. The summed E-state index contributed by atoms with van der Waals surface area (Å²) in [5.41, 5.74) is -1.18. The number of nitrogens with zero attached hydrogens (tertiary/aromatic N) is 4. The predicted molar refractivity (Wildman–Crippen MR) is 113 cm³/mol. The molecule has 1 aliphatic carbocycles. The molecule has 4 atom stereocenters. The second-order valence-corrected chi connectivity index (χ2v) is 12.6. The Hall–Kier alpha value is -1.38. The number of aliphatic hydroxyl groups is 2. The van der Waals surface area contributed by atoms with Gasteiger partial charge in [0.1, 0.15) is 24.1 Å². The van der Waals surface area contributed by atoms with Gasteiger partial charge in [0.25, 0.3) is 0 Å². The van der Waals surface area contributed by atoms with Crippen molar-refractivity contribution >= 4 is 45.9 Å². The molecule has 2 aromatic heterocycles. The fourth-order valence-electron chi connectivity index (χ4n) is 4.09. The van der Waals surface area contributed by atoms with Gasteiger partial charge < -0.3 is 30.1 Å². The molecule has 2 aliphatic rings. The van der Waals surface area contributed by atoms with E-state index in [2.05, 4.69) is 20.4 Å². The van der Waals surface area contributed by atoms with Gasteiger partial charge in [-0.25, -0.2) is 13.1 Å². The van der Waals surface area contributed by atoms with E-state index in [1.807, 2.05) is 0 Å². The van der Waals surface area contributed by atoms with E-state index in [1.54, 1.807) is 0 Å². The van der Waals surface area contributed by atoms with Crippen LogP contribution in [0.5, 0.6) is 0 Å². The van der Waals surface area contributed by atoms with Crippen molar-refractivity contribution in [3.8, 4) is 0 Å². The molecule has 5 N–H and O–H groups in total. The molecular formula is C16H23ClN5O8PS. The molecule has 1 saturated heterocycles. The Labute approximate surface area is 187 Å². The number of fused-ring (bicyclic) bond motifs is 1. The lowest BCUT2D eigenvalue weighted by atomic mass is 10.1. The maximum Gasteiger partial charge on any atom is 0.340 e. The molecule has 32 heavy (non-hydrogen) atoms. The Morgan fingerprint density at radius 1 is 1.22 bits per heavy atom. The number of aliphatic hydroxyl groups excluding tert-OH is 2. The SMILES string of the molecule is O=P(O)(O)CS(=O)(=O)C[C@H]1O[C@@H](n2ncc3c(NC4CCCC4)nc(Cl)nc32)[C@H](O)[C@@H]1O. The van der Waals surface area contributed by atoms with Crippen LogP contribution in [-0.4, -0.2) is 83.8 Å². The van der Waals surface area contributed by atoms with E-state index in [-0.39, 0.29) is 17.0 Å². The van der Waals surface area contributed by atoms with E-state index in [9.17, 15) is 23.2 Å². The molecule has 13 nitrogen and oxygen atoms in total. The minimum atomic E-state index is -4.84. The number of hydrogen-bond donors (Lipinski definition) is 5. The average Bonchev–Trinajstić information content (AvgIpc) is 3.36. The second kappa shape index (κ2) is 8.76. The van der Waals surface area contributed by atoms with Crippen LogP contribution in [-0.2, 0) is 19.1 Å². The van der Waals surface area contributed by atoms with E-state index in [0.29, 0.717) is 11.2 Å². The van der Waals surface area contributed by atoms with Crippen LogP contribution in [0.25, 0.3) is 11.0 Å². The van der Waals surface area contributed by atoms with Gasteiger partial charge in [-0.1, -0.05) is 12.8 Å². The van der Waals surface area contributed by atoms with Crippen molar-refractivity contribution in [1.82, 2.24) is 19.7 Å². The van der Waals surface area contributed by atoms with Crippen LogP contribution in [0, 0.1) is 0 Å². The van der Waals surface area contributed by atoms with Crippen molar-refractivity contribution in [1.29, 1.82) is 0 Å². The van der Waals surface area contributed by atoms with Gasteiger partial charge in [0.15, 0.2) is 27.2 Å². The van der Waals surface area contributed by atoms with Crippen molar-refractivity contribution in [2.24, 2.45) is 0 Å². The lowest BCUT2D eigenvalue weighted by molar-refractivity contribution is -0.0364. The van der Waals surface area contributed by atoms with Crippen LogP contribution in [0.15, 0.2) is 6.20 Å². The second-order valence-electron chi connectivity index (χ2n) is 8.04. The van der Waals surface area contributed by atoms with Crippen molar-refractivity contribution in [2.45, 2.75) is 56.3 Å². The number of ether oxygens (including phenoxy) is 1. The van der Waals surface area contributed by atoms with Gasteiger partial charge in [0.05, 0.1) is 17.3 Å². The van der Waals surface area contributed by atoms with Crippen molar-refractivity contribution in [3.63, 3.8) is 0 Å². The highest BCUT2D eigenvalue weighted by Crippen LogP contribution is 2.38. The summed E-state index contributed by atoms with van der Waals surface area (Å²) < 4.78 is 41.9. The monoisotopic (exact) mass is 511 g/mol. The number of hydrogen-bond acceptors (Lipinski definition) is 10. The Bertz CT molecular complexity index is 1150. The molecule has 0 aromatic carbocycles. The van der Waals surface area contributed by atoms with Crippen LogP contribution in [0.4, 0.5) is 5.82 Å². The molecule has 16 heteroatoms. The number of sulfone groups is 1.